The molecule has 4 rings (SSSR count). The van der Waals surface area contributed by atoms with Gasteiger partial charge in [0.2, 0.25) is 11.3 Å². The number of hydrogen-bond donors (Lipinski definition) is 2. The van der Waals surface area contributed by atoms with Crippen LogP contribution in [0, 0.1) is 0 Å². The SMILES string of the molecule is CC(C)(ON=C(C(=O)N[C@@H]1C(=O)N2C(C(=O)[O-])=C(C[N+]3(C)CC=CCC3)CS[C@H]12)c1ccco1)C(=O)O. The molecule has 3 aliphatic rings. The molecule has 0 bridgehead atoms. The van der Waals surface area contributed by atoms with E-state index in [1.54, 1.807) is 0 Å². The molecule has 37 heavy (non-hydrogen) atoms. The van der Waals surface area contributed by atoms with Crippen LogP contribution in [0.1, 0.15) is 26.0 Å². The summed E-state index contributed by atoms with van der Waals surface area (Å²) < 4.78 is 5.86. The molecular formula is C24H28N4O8S. The van der Waals surface area contributed by atoms with Crippen molar-refractivity contribution >= 4 is 41.2 Å². The molecule has 1 unspecified atom stereocenters. The Morgan fingerprint density at radius 2 is 2.14 bits per heavy atom. The zero-order valence-electron chi connectivity index (χ0n) is 20.6. The van der Waals surface area contributed by atoms with E-state index in [2.05, 4.69) is 22.6 Å². The molecule has 4 heterocycles. The first-order valence-electron chi connectivity index (χ1n) is 11.6. The van der Waals surface area contributed by atoms with Crippen molar-refractivity contribution in [2.24, 2.45) is 5.16 Å². The van der Waals surface area contributed by atoms with Crippen LogP contribution in [0.3, 0.4) is 0 Å². The smallest absolute Gasteiger partial charge is 0.350 e. The first kappa shape index (κ1) is 26.5. The third-order valence-electron chi connectivity index (χ3n) is 6.50. The summed E-state index contributed by atoms with van der Waals surface area (Å²) in [5.41, 5.74) is -1.61. The molecule has 1 saturated heterocycles. The van der Waals surface area contributed by atoms with Crippen LogP contribution in [0.15, 0.2) is 51.4 Å². The Morgan fingerprint density at radius 1 is 1.38 bits per heavy atom. The number of β-lactam (4-membered cyclic amide) rings is 1. The summed E-state index contributed by atoms with van der Waals surface area (Å²) >= 11 is 1.36. The Kier molecular flexibility index (Phi) is 7.20. The summed E-state index contributed by atoms with van der Waals surface area (Å²) in [6, 6.07) is 1.92. The van der Waals surface area contributed by atoms with E-state index in [0.29, 0.717) is 22.4 Å². The summed E-state index contributed by atoms with van der Waals surface area (Å²) in [5, 5.41) is 27.0. The van der Waals surface area contributed by atoms with Crippen LogP contribution < -0.4 is 10.4 Å². The second-order valence-corrected chi connectivity index (χ2v) is 11.0. The molecule has 3 aliphatic heterocycles. The van der Waals surface area contributed by atoms with Gasteiger partial charge >= 0.3 is 5.97 Å². The number of rotatable bonds is 9. The Labute approximate surface area is 217 Å². The lowest BCUT2D eigenvalue weighted by Gasteiger charge is -2.51. The minimum atomic E-state index is -1.73. The molecule has 0 aliphatic carbocycles. The van der Waals surface area contributed by atoms with Crippen molar-refractivity contribution in [1.29, 1.82) is 0 Å². The fraction of sp³-hybridized carbons (Fsp3) is 0.458. The van der Waals surface area contributed by atoms with Crippen LogP contribution in [-0.2, 0) is 24.0 Å². The Morgan fingerprint density at radius 3 is 2.73 bits per heavy atom. The lowest BCUT2D eigenvalue weighted by molar-refractivity contribution is -0.900. The van der Waals surface area contributed by atoms with E-state index < -0.39 is 40.8 Å². The molecule has 12 nitrogen and oxygen atoms in total. The Hall–Kier alpha value is -3.58. The molecule has 2 amide bonds. The largest absolute Gasteiger partial charge is 0.543 e. The minimum Gasteiger partial charge on any atom is -0.543 e. The lowest BCUT2D eigenvalue weighted by atomic mass is 10.0. The molecule has 0 spiro atoms. The molecule has 1 aromatic rings. The van der Waals surface area contributed by atoms with E-state index in [1.165, 1.54) is 48.9 Å². The maximum atomic E-state index is 13.1. The van der Waals surface area contributed by atoms with Crippen molar-refractivity contribution < 1.29 is 43.1 Å². The second kappa shape index (κ2) is 10.1. The highest BCUT2D eigenvalue weighted by Gasteiger charge is 2.53. The number of carboxylic acids is 2. The van der Waals surface area contributed by atoms with E-state index in [0.717, 1.165) is 19.5 Å². The van der Waals surface area contributed by atoms with Gasteiger partial charge in [0.1, 0.15) is 18.0 Å². The van der Waals surface area contributed by atoms with Gasteiger partial charge in [0, 0.05) is 17.7 Å². The van der Waals surface area contributed by atoms with Gasteiger partial charge in [-0.15, -0.1) is 11.8 Å². The average Bonchev–Trinajstić information content (AvgIpc) is 3.36. The standard InChI is InChI=1S/C24H28N4O8S/c1-24(2,23(33)34)36-26-16(15-8-7-11-35-15)19(29)25-17-20(30)27-18(22(31)32)14(13-37-21(17)27)12-28(3)9-5-4-6-10-28/h4-5,7-8,11,17,21H,6,9-10,12-13H2,1-3H3,(H2-,25,29,31,32,33,34)/t17-,21-,28?/m1/s1. The number of nitrogens with one attached hydrogen (secondary N) is 1. The molecular weight excluding hydrogens is 504 g/mol. The number of fused-ring (bicyclic) bond motifs is 1. The van der Waals surface area contributed by atoms with Gasteiger partial charge in [-0.1, -0.05) is 11.2 Å². The first-order chi connectivity index (χ1) is 17.4. The summed E-state index contributed by atoms with van der Waals surface area (Å²) in [6.07, 6.45) is 6.36. The molecule has 13 heteroatoms. The highest BCUT2D eigenvalue weighted by molar-refractivity contribution is 8.00. The van der Waals surface area contributed by atoms with Gasteiger partial charge in [-0.05, 0) is 32.1 Å². The van der Waals surface area contributed by atoms with E-state index in [-0.39, 0.29) is 17.2 Å². The van der Waals surface area contributed by atoms with Crippen LogP contribution in [-0.4, -0.2) is 93.4 Å². The van der Waals surface area contributed by atoms with Crippen molar-refractivity contribution in [2.45, 2.75) is 37.3 Å². The van der Waals surface area contributed by atoms with Gasteiger partial charge < -0.3 is 34.1 Å². The molecule has 3 atom stereocenters. The Bertz CT molecular complexity index is 1210. The number of carbonyl (C=O) groups is 4. The predicted molar refractivity (Wildman–Crippen MR) is 130 cm³/mol. The van der Waals surface area contributed by atoms with E-state index in [9.17, 15) is 29.4 Å². The number of oxime groups is 1. The molecule has 2 N–H and O–H groups in total. The molecule has 1 aromatic heterocycles. The minimum absolute atomic E-state index is 0.00349. The van der Waals surface area contributed by atoms with Gasteiger partial charge in [-0.2, -0.15) is 0 Å². The van der Waals surface area contributed by atoms with Gasteiger partial charge in [-0.3, -0.25) is 14.5 Å². The zero-order valence-corrected chi connectivity index (χ0v) is 21.4. The van der Waals surface area contributed by atoms with Crippen molar-refractivity contribution in [3.63, 3.8) is 0 Å². The summed E-state index contributed by atoms with van der Waals surface area (Å²) in [5.74, 6) is -3.78. The predicted octanol–water partition coefficient (Wildman–Crippen LogP) is -0.326. The summed E-state index contributed by atoms with van der Waals surface area (Å²) in [6.45, 7) is 4.62. The van der Waals surface area contributed by atoms with Crippen molar-refractivity contribution in [2.75, 3.05) is 32.4 Å². The number of amides is 2. The number of carbonyl (C=O) groups excluding carboxylic acids is 3. The lowest BCUT2D eigenvalue weighted by Crippen LogP contribution is -2.71. The third-order valence-corrected chi connectivity index (χ3v) is 7.84. The fourth-order valence-corrected chi connectivity index (χ4v) is 5.68. The average molecular weight is 533 g/mol. The van der Waals surface area contributed by atoms with Crippen LogP contribution in [0.2, 0.25) is 0 Å². The normalized spacial score (nSPS) is 25.9. The molecule has 1 fully saturated rings. The highest BCUT2D eigenvalue weighted by Crippen LogP contribution is 2.40. The van der Waals surface area contributed by atoms with Crippen LogP contribution in [0.25, 0.3) is 0 Å². The third kappa shape index (κ3) is 5.27. The first-order valence-corrected chi connectivity index (χ1v) is 12.7. The maximum absolute atomic E-state index is 13.1. The van der Waals surface area contributed by atoms with E-state index in [4.69, 9.17) is 9.25 Å². The van der Waals surface area contributed by atoms with Gasteiger partial charge in [0.15, 0.2) is 5.76 Å². The number of furan rings is 1. The molecule has 0 saturated carbocycles. The fourth-order valence-electron chi connectivity index (χ4n) is 4.34. The summed E-state index contributed by atoms with van der Waals surface area (Å²) in [7, 11) is 2.05. The van der Waals surface area contributed by atoms with Crippen molar-refractivity contribution in [3.8, 4) is 0 Å². The number of carboxylic acid groups (broad SMARTS) is 2. The second-order valence-electron chi connectivity index (χ2n) is 9.87. The van der Waals surface area contributed by atoms with E-state index in [1.807, 2.05) is 7.05 Å². The zero-order chi connectivity index (χ0) is 27.0. The van der Waals surface area contributed by atoms with Gasteiger partial charge in [0.05, 0.1) is 38.1 Å². The van der Waals surface area contributed by atoms with Crippen molar-refractivity contribution in [3.05, 3.63) is 47.6 Å². The molecule has 0 radical (unpaired) electrons. The number of likely N-dealkylation sites (N-methyl/N-ethyl adjacent to an activating group) is 1. The monoisotopic (exact) mass is 532 g/mol. The number of nitrogens with zero attached hydrogens (tertiary/aromatic N) is 3. The van der Waals surface area contributed by atoms with Crippen LogP contribution in [0.5, 0.6) is 0 Å². The maximum Gasteiger partial charge on any atom is 0.350 e. The molecule has 0 aromatic carbocycles. The van der Waals surface area contributed by atoms with Crippen LogP contribution in [0.4, 0.5) is 0 Å². The number of quaternary nitrogens is 1. The number of hydrogen-bond acceptors (Lipinski definition) is 9. The van der Waals surface area contributed by atoms with Gasteiger partial charge in [-0.25, -0.2) is 4.79 Å². The number of aliphatic carboxylic acids is 2. The number of thioether (sulfide) groups is 1. The summed E-state index contributed by atoms with van der Waals surface area (Å²) in [4.78, 5) is 55.8. The van der Waals surface area contributed by atoms with Gasteiger partial charge in [0.25, 0.3) is 11.8 Å². The molecule has 198 valence electrons. The van der Waals surface area contributed by atoms with Crippen molar-refractivity contribution in [1.82, 2.24) is 10.2 Å². The Balaban J connectivity index is 1.53. The van der Waals surface area contributed by atoms with E-state index >= 15 is 0 Å². The van der Waals surface area contributed by atoms with Crippen LogP contribution >= 0.6 is 11.8 Å². The topological polar surface area (TPSA) is 162 Å². The quantitative estimate of drug-likeness (QED) is 0.143. The highest BCUT2D eigenvalue weighted by atomic mass is 32.2.